The minimum Gasteiger partial charge on any atom is -0.389 e. The van der Waals surface area contributed by atoms with E-state index in [1.54, 1.807) is 11.9 Å². The van der Waals surface area contributed by atoms with E-state index < -0.39 is 11.9 Å². The number of rotatable bonds is 5. The maximum absolute atomic E-state index is 12.8. The lowest BCUT2D eigenvalue weighted by Crippen LogP contribution is -2.33. The molecule has 1 aromatic heterocycles. The highest BCUT2D eigenvalue weighted by Crippen LogP contribution is 2.31. The first-order chi connectivity index (χ1) is 9.54. The molecule has 7 heteroatoms. The van der Waals surface area contributed by atoms with Crippen molar-refractivity contribution < 1.29 is 13.2 Å². The zero-order valence-electron chi connectivity index (χ0n) is 12.5. The number of thiocarbonyl (C=S) groups is 1. The molecule has 0 aromatic carbocycles. The van der Waals surface area contributed by atoms with E-state index in [2.05, 4.69) is 18.8 Å². The quantitative estimate of drug-likeness (QED) is 0.842. The average Bonchev–Trinajstić information content (AvgIpc) is 2.35. The van der Waals surface area contributed by atoms with Crippen molar-refractivity contribution in [2.45, 2.75) is 39.4 Å². The topological polar surface area (TPSA) is 42.2 Å². The molecule has 0 saturated heterocycles. The van der Waals surface area contributed by atoms with Crippen LogP contribution in [-0.4, -0.2) is 23.1 Å². The van der Waals surface area contributed by atoms with Gasteiger partial charge in [0.05, 0.1) is 5.56 Å². The zero-order chi connectivity index (χ0) is 16.4. The number of pyridine rings is 1. The third kappa shape index (κ3) is 4.56. The Morgan fingerprint density at radius 3 is 2.33 bits per heavy atom. The molecule has 118 valence electrons. The van der Waals surface area contributed by atoms with Crippen LogP contribution in [0.3, 0.4) is 0 Å². The molecule has 0 fully saturated rings. The molecule has 1 aromatic rings. The van der Waals surface area contributed by atoms with E-state index in [0.29, 0.717) is 11.5 Å². The Morgan fingerprint density at radius 1 is 1.33 bits per heavy atom. The van der Waals surface area contributed by atoms with Crippen molar-refractivity contribution >= 4 is 23.0 Å². The van der Waals surface area contributed by atoms with Gasteiger partial charge < -0.3 is 10.6 Å². The molecule has 0 amide bonds. The summed E-state index contributed by atoms with van der Waals surface area (Å²) in [6.45, 7) is 6.04. The second-order valence-corrected chi connectivity index (χ2v) is 5.96. The molecule has 0 aliphatic carbocycles. The number of alkyl halides is 3. The summed E-state index contributed by atoms with van der Waals surface area (Å²) in [5.41, 5.74) is 5.01. The first kappa shape index (κ1) is 17.7. The Bertz CT molecular complexity index is 515. The van der Waals surface area contributed by atoms with Gasteiger partial charge in [0.15, 0.2) is 0 Å². The molecule has 0 bridgehead atoms. The van der Waals surface area contributed by atoms with Crippen molar-refractivity contribution in [3.05, 3.63) is 23.4 Å². The van der Waals surface area contributed by atoms with Gasteiger partial charge in [-0.2, -0.15) is 13.2 Å². The van der Waals surface area contributed by atoms with Crippen LogP contribution in [-0.2, 0) is 6.18 Å². The smallest absolute Gasteiger partial charge is 0.389 e. The first-order valence-corrected chi connectivity index (χ1v) is 7.05. The van der Waals surface area contributed by atoms with Crippen LogP contribution >= 0.6 is 12.2 Å². The van der Waals surface area contributed by atoms with E-state index in [4.69, 9.17) is 18.0 Å². The molecule has 1 heterocycles. The molecule has 1 atom stereocenters. The Hall–Kier alpha value is -1.37. The summed E-state index contributed by atoms with van der Waals surface area (Å²) < 4.78 is 38.5. The number of hydrogen-bond donors (Lipinski definition) is 1. The summed E-state index contributed by atoms with van der Waals surface area (Å²) >= 11 is 4.91. The number of hydrogen-bond acceptors (Lipinski definition) is 3. The second-order valence-electron chi connectivity index (χ2n) is 5.52. The van der Waals surface area contributed by atoms with Gasteiger partial charge in [0.2, 0.25) is 0 Å². The molecule has 0 radical (unpaired) electrons. The van der Waals surface area contributed by atoms with Crippen molar-refractivity contribution in [2.24, 2.45) is 11.7 Å². The summed E-state index contributed by atoms with van der Waals surface area (Å²) in [5, 5.41) is 0. The molecule has 0 spiro atoms. The number of nitrogens with zero attached hydrogens (tertiary/aromatic N) is 2. The van der Waals surface area contributed by atoms with Crippen LogP contribution in [0.15, 0.2) is 12.1 Å². The van der Waals surface area contributed by atoms with Gasteiger partial charge in [-0.05, 0) is 31.4 Å². The molecule has 2 N–H and O–H groups in total. The van der Waals surface area contributed by atoms with Gasteiger partial charge in [-0.15, -0.1) is 0 Å². The summed E-state index contributed by atoms with van der Waals surface area (Å²) in [6, 6.07) is 2.21. The van der Waals surface area contributed by atoms with Crippen LogP contribution in [0.25, 0.3) is 0 Å². The van der Waals surface area contributed by atoms with Gasteiger partial charge in [0, 0.05) is 13.1 Å². The largest absolute Gasteiger partial charge is 0.433 e. The molecule has 1 rings (SSSR count). The fourth-order valence-electron chi connectivity index (χ4n) is 2.12. The minimum atomic E-state index is -4.49. The van der Waals surface area contributed by atoms with E-state index in [1.807, 2.05) is 6.92 Å². The Kier molecular flexibility index (Phi) is 5.55. The standard InChI is InChI=1S/C14H20F3N3S/c1-8(2)7-9(3)20(4)13-10(12(18)21)5-6-11(19-13)14(15,16)17/h5-6,8-9H,7H2,1-4H3,(H2,18,21). The predicted octanol–water partition coefficient (Wildman–Crippen LogP) is 3.61. The summed E-state index contributed by atoms with van der Waals surface area (Å²) in [4.78, 5) is 5.46. The third-order valence-corrected chi connectivity index (χ3v) is 3.46. The van der Waals surface area contributed by atoms with Crippen molar-refractivity contribution in [3.8, 4) is 0 Å². The van der Waals surface area contributed by atoms with Crippen molar-refractivity contribution in [1.82, 2.24) is 4.98 Å². The fraction of sp³-hybridized carbons (Fsp3) is 0.571. The highest BCUT2D eigenvalue weighted by atomic mass is 32.1. The van der Waals surface area contributed by atoms with Crippen molar-refractivity contribution in [2.75, 3.05) is 11.9 Å². The lowest BCUT2D eigenvalue weighted by atomic mass is 10.0. The summed E-state index contributed by atoms with van der Waals surface area (Å²) in [5.74, 6) is 0.590. The highest BCUT2D eigenvalue weighted by molar-refractivity contribution is 7.80. The molecular formula is C14H20F3N3S. The average molecular weight is 319 g/mol. The van der Waals surface area contributed by atoms with Gasteiger partial charge in [-0.25, -0.2) is 4.98 Å². The Balaban J connectivity index is 3.26. The molecule has 0 aliphatic rings. The lowest BCUT2D eigenvalue weighted by Gasteiger charge is -2.29. The van der Waals surface area contributed by atoms with Gasteiger partial charge in [-0.1, -0.05) is 26.1 Å². The molecule has 3 nitrogen and oxygen atoms in total. The highest BCUT2D eigenvalue weighted by Gasteiger charge is 2.34. The van der Waals surface area contributed by atoms with E-state index in [1.165, 1.54) is 6.07 Å². The van der Waals surface area contributed by atoms with E-state index in [-0.39, 0.29) is 16.8 Å². The maximum atomic E-state index is 12.8. The van der Waals surface area contributed by atoms with Gasteiger partial charge in [0.25, 0.3) is 0 Å². The van der Waals surface area contributed by atoms with Crippen LogP contribution in [0.1, 0.15) is 38.4 Å². The van der Waals surface area contributed by atoms with Crippen LogP contribution < -0.4 is 10.6 Å². The van der Waals surface area contributed by atoms with Crippen molar-refractivity contribution in [3.63, 3.8) is 0 Å². The lowest BCUT2D eigenvalue weighted by molar-refractivity contribution is -0.141. The Morgan fingerprint density at radius 2 is 1.90 bits per heavy atom. The SMILES string of the molecule is CC(C)CC(C)N(C)c1nc(C(F)(F)F)ccc1C(N)=S. The van der Waals surface area contributed by atoms with E-state index >= 15 is 0 Å². The summed E-state index contributed by atoms with van der Waals surface area (Å²) in [7, 11) is 1.71. The van der Waals surface area contributed by atoms with E-state index in [9.17, 15) is 13.2 Å². The maximum Gasteiger partial charge on any atom is 0.433 e. The van der Waals surface area contributed by atoms with Crippen molar-refractivity contribution in [1.29, 1.82) is 0 Å². The van der Waals surface area contributed by atoms with Crippen LogP contribution in [0.4, 0.5) is 19.0 Å². The monoisotopic (exact) mass is 319 g/mol. The van der Waals surface area contributed by atoms with Gasteiger partial charge in [0.1, 0.15) is 16.5 Å². The number of anilines is 1. The minimum absolute atomic E-state index is 0.0223. The first-order valence-electron chi connectivity index (χ1n) is 6.65. The van der Waals surface area contributed by atoms with E-state index in [0.717, 1.165) is 12.5 Å². The predicted molar refractivity (Wildman–Crippen MR) is 82.4 cm³/mol. The molecule has 0 aliphatic heterocycles. The molecular weight excluding hydrogens is 299 g/mol. The third-order valence-electron chi connectivity index (χ3n) is 3.24. The fourth-order valence-corrected chi connectivity index (χ4v) is 2.28. The van der Waals surface area contributed by atoms with Gasteiger partial charge in [-0.3, -0.25) is 0 Å². The van der Waals surface area contributed by atoms with Crippen LogP contribution in [0, 0.1) is 5.92 Å². The number of aromatic nitrogens is 1. The van der Waals surface area contributed by atoms with Crippen LogP contribution in [0.2, 0.25) is 0 Å². The zero-order valence-corrected chi connectivity index (χ0v) is 13.3. The van der Waals surface area contributed by atoms with Crippen LogP contribution in [0.5, 0.6) is 0 Å². The van der Waals surface area contributed by atoms with Gasteiger partial charge >= 0.3 is 6.18 Å². The normalized spacial score (nSPS) is 13.3. The second kappa shape index (κ2) is 6.60. The molecule has 21 heavy (non-hydrogen) atoms. The number of nitrogens with two attached hydrogens (primary N) is 1. The summed E-state index contributed by atoms with van der Waals surface area (Å²) in [6.07, 6.45) is -3.67. The Labute approximate surface area is 128 Å². The molecule has 0 saturated carbocycles. The number of halogens is 3. The molecule has 1 unspecified atom stereocenters.